The molecule has 1 atom stereocenters. The van der Waals surface area contributed by atoms with Crippen LogP contribution in [0.25, 0.3) is 11.3 Å². The lowest BCUT2D eigenvalue weighted by Crippen LogP contribution is -2.02. The molecule has 1 aliphatic rings. The van der Waals surface area contributed by atoms with Crippen LogP contribution in [0.5, 0.6) is 5.75 Å². The minimum absolute atomic E-state index is 0.490. The van der Waals surface area contributed by atoms with E-state index in [0.29, 0.717) is 12.5 Å². The monoisotopic (exact) mass is 335 g/mol. The Hall–Kier alpha value is -2.89. The summed E-state index contributed by atoms with van der Waals surface area (Å²) < 4.78 is 7.11. The van der Waals surface area contributed by atoms with E-state index in [0.717, 1.165) is 47.5 Å². The third-order valence-corrected chi connectivity index (χ3v) is 4.67. The maximum atomic E-state index is 5.22. The van der Waals surface area contributed by atoms with Gasteiger partial charge in [0.25, 0.3) is 0 Å². The summed E-state index contributed by atoms with van der Waals surface area (Å²) in [7, 11) is 1.67. The Kier molecular flexibility index (Phi) is 4.33. The number of nitrogens with zero attached hydrogens (tertiary/aromatic N) is 4. The molecule has 0 fully saturated rings. The molecule has 2 heterocycles. The van der Waals surface area contributed by atoms with Crippen molar-refractivity contribution in [3.8, 4) is 17.0 Å². The summed E-state index contributed by atoms with van der Waals surface area (Å²) in [5.41, 5.74) is 4.25. The molecule has 0 saturated heterocycles. The molecule has 0 radical (unpaired) electrons. The second-order valence-corrected chi connectivity index (χ2v) is 6.32. The molecule has 128 valence electrons. The van der Waals surface area contributed by atoms with Gasteiger partial charge in [0, 0.05) is 23.2 Å². The van der Waals surface area contributed by atoms with E-state index in [1.807, 2.05) is 35.1 Å². The van der Waals surface area contributed by atoms with Gasteiger partial charge in [-0.3, -0.25) is 5.10 Å². The van der Waals surface area contributed by atoms with Crippen molar-refractivity contribution in [2.45, 2.75) is 31.7 Å². The number of hydrogen-bond donors (Lipinski definition) is 1. The SMILES string of the molecule is COc1ccc(-c2[nH]ncc2Cn2cc([C@H]3CC=CCC3)nn2)cc1. The van der Waals surface area contributed by atoms with Crippen molar-refractivity contribution in [3.05, 3.63) is 60.1 Å². The molecule has 1 N–H and O–H groups in total. The fourth-order valence-electron chi connectivity index (χ4n) is 3.25. The summed E-state index contributed by atoms with van der Waals surface area (Å²) in [4.78, 5) is 0. The molecule has 4 rings (SSSR count). The van der Waals surface area contributed by atoms with Crippen LogP contribution in [0.2, 0.25) is 0 Å². The van der Waals surface area contributed by atoms with Gasteiger partial charge in [-0.25, -0.2) is 4.68 Å². The van der Waals surface area contributed by atoms with E-state index in [9.17, 15) is 0 Å². The normalized spacial score (nSPS) is 16.9. The number of H-pyrrole nitrogens is 1. The number of rotatable bonds is 5. The third kappa shape index (κ3) is 3.33. The van der Waals surface area contributed by atoms with Crippen LogP contribution in [-0.2, 0) is 6.54 Å². The lowest BCUT2D eigenvalue weighted by molar-refractivity contribution is 0.415. The zero-order valence-electron chi connectivity index (χ0n) is 14.2. The highest BCUT2D eigenvalue weighted by molar-refractivity contribution is 5.63. The van der Waals surface area contributed by atoms with Gasteiger partial charge in [0.05, 0.1) is 31.2 Å². The van der Waals surface area contributed by atoms with Crippen LogP contribution in [0.1, 0.15) is 36.4 Å². The molecule has 0 aliphatic heterocycles. The van der Waals surface area contributed by atoms with Crippen molar-refractivity contribution in [2.24, 2.45) is 0 Å². The van der Waals surface area contributed by atoms with Gasteiger partial charge >= 0.3 is 0 Å². The van der Waals surface area contributed by atoms with Crippen LogP contribution >= 0.6 is 0 Å². The highest BCUT2D eigenvalue weighted by Crippen LogP contribution is 2.28. The summed E-state index contributed by atoms with van der Waals surface area (Å²) in [6.45, 7) is 0.646. The average Bonchev–Trinajstić information content (AvgIpc) is 3.33. The number of benzene rings is 1. The van der Waals surface area contributed by atoms with Gasteiger partial charge in [-0.05, 0) is 43.5 Å². The zero-order chi connectivity index (χ0) is 17.1. The molecule has 25 heavy (non-hydrogen) atoms. The van der Waals surface area contributed by atoms with E-state index in [1.54, 1.807) is 7.11 Å². The molecule has 0 amide bonds. The number of nitrogens with one attached hydrogen (secondary N) is 1. The molecule has 3 aromatic rings. The van der Waals surface area contributed by atoms with Crippen LogP contribution in [0.3, 0.4) is 0 Å². The summed E-state index contributed by atoms with van der Waals surface area (Å²) in [6, 6.07) is 7.95. The smallest absolute Gasteiger partial charge is 0.118 e. The molecule has 0 saturated carbocycles. The Balaban J connectivity index is 1.53. The number of aromatic amines is 1. The molecular formula is C19H21N5O. The van der Waals surface area contributed by atoms with E-state index in [4.69, 9.17) is 4.74 Å². The first-order valence-corrected chi connectivity index (χ1v) is 8.55. The molecule has 0 unspecified atom stereocenters. The van der Waals surface area contributed by atoms with E-state index in [-0.39, 0.29) is 0 Å². The van der Waals surface area contributed by atoms with Crippen LogP contribution in [0.4, 0.5) is 0 Å². The van der Waals surface area contributed by atoms with Crippen LogP contribution in [0, 0.1) is 0 Å². The average molecular weight is 335 g/mol. The van der Waals surface area contributed by atoms with Crippen molar-refractivity contribution in [2.75, 3.05) is 7.11 Å². The molecule has 0 bridgehead atoms. The second kappa shape index (κ2) is 6.93. The molecule has 1 aromatic carbocycles. The summed E-state index contributed by atoms with van der Waals surface area (Å²) >= 11 is 0. The van der Waals surface area contributed by atoms with Gasteiger partial charge in [-0.1, -0.05) is 17.4 Å². The van der Waals surface area contributed by atoms with E-state index in [2.05, 4.69) is 38.9 Å². The van der Waals surface area contributed by atoms with E-state index in [1.165, 1.54) is 0 Å². The molecule has 6 heteroatoms. The number of allylic oxidation sites excluding steroid dienone is 2. The standard InChI is InChI=1S/C19H21N5O/c1-25-17-9-7-15(8-10-17)19-16(11-20-22-19)12-24-13-18(21-23-24)14-5-3-2-4-6-14/h2-3,7-11,13-14H,4-6,12H2,1H3,(H,20,22)/t14-/m0/s1. The highest BCUT2D eigenvalue weighted by Gasteiger charge is 2.17. The Morgan fingerprint density at radius 1 is 1.24 bits per heavy atom. The van der Waals surface area contributed by atoms with Crippen LogP contribution in [0.15, 0.2) is 48.8 Å². The topological polar surface area (TPSA) is 68.6 Å². The third-order valence-electron chi connectivity index (χ3n) is 4.67. The fourth-order valence-corrected chi connectivity index (χ4v) is 3.25. The predicted molar refractivity (Wildman–Crippen MR) is 95.4 cm³/mol. The first-order chi connectivity index (χ1) is 12.3. The molecule has 0 spiro atoms. The van der Waals surface area contributed by atoms with Gasteiger partial charge < -0.3 is 4.74 Å². The van der Waals surface area contributed by atoms with E-state index < -0.39 is 0 Å². The Bertz CT molecular complexity index is 862. The number of aromatic nitrogens is 5. The number of methoxy groups -OCH3 is 1. The Morgan fingerprint density at radius 2 is 2.12 bits per heavy atom. The maximum Gasteiger partial charge on any atom is 0.118 e. The maximum absolute atomic E-state index is 5.22. The first kappa shape index (κ1) is 15.6. The Morgan fingerprint density at radius 3 is 2.88 bits per heavy atom. The molecule has 2 aromatic heterocycles. The highest BCUT2D eigenvalue weighted by atomic mass is 16.5. The fraction of sp³-hybridized carbons (Fsp3) is 0.316. The van der Waals surface area contributed by atoms with Gasteiger partial charge in [0.2, 0.25) is 0 Å². The molecular weight excluding hydrogens is 314 g/mol. The number of hydrogen-bond acceptors (Lipinski definition) is 4. The summed E-state index contributed by atoms with van der Waals surface area (Å²) in [6.07, 6.45) is 11.7. The minimum Gasteiger partial charge on any atom is -0.497 e. The second-order valence-electron chi connectivity index (χ2n) is 6.32. The molecule has 1 aliphatic carbocycles. The minimum atomic E-state index is 0.490. The zero-order valence-corrected chi connectivity index (χ0v) is 14.2. The Labute approximate surface area is 146 Å². The van der Waals surface area contributed by atoms with Crippen molar-refractivity contribution in [1.82, 2.24) is 25.2 Å². The van der Waals surface area contributed by atoms with Crippen molar-refractivity contribution in [1.29, 1.82) is 0 Å². The summed E-state index contributed by atoms with van der Waals surface area (Å²) in [5, 5.41) is 16.0. The van der Waals surface area contributed by atoms with Crippen LogP contribution < -0.4 is 4.74 Å². The van der Waals surface area contributed by atoms with Crippen molar-refractivity contribution in [3.63, 3.8) is 0 Å². The lowest BCUT2D eigenvalue weighted by Gasteiger charge is -2.13. The van der Waals surface area contributed by atoms with Gasteiger partial charge in [-0.15, -0.1) is 5.10 Å². The van der Waals surface area contributed by atoms with E-state index >= 15 is 0 Å². The van der Waals surface area contributed by atoms with Gasteiger partial charge in [0.15, 0.2) is 0 Å². The summed E-state index contributed by atoms with van der Waals surface area (Å²) in [5.74, 6) is 1.33. The van der Waals surface area contributed by atoms with Crippen molar-refractivity contribution < 1.29 is 4.74 Å². The predicted octanol–water partition coefficient (Wildman–Crippen LogP) is 3.55. The van der Waals surface area contributed by atoms with Crippen LogP contribution in [-0.4, -0.2) is 32.3 Å². The number of ether oxygens (including phenoxy) is 1. The largest absolute Gasteiger partial charge is 0.497 e. The van der Waals surface area contributed by atoms with Gasteiger partial charge in [-0.2, -0.15) is 5.10 Å². The quantitative estimate of drug-likeness (QED) is 0.724. The van der Waals surface area contributed by atoms with Crippen molar-refractivity contribution >= 4 is 0 Å². The first-order valence-electron chi connectivity index (χ1n) is 8.55. The molecule has 6 nitrogen and oxygen atoms in total. The van der Waals surface area contributed by atoms with Gasteiger partial charge in [0.1, 0.15) is 5.75 Å². The lowest BCUT2D eigenvalue weighted by atomic mass is 9.92.